The third-order valence-electron chi connectivity index (χ3n) is 6.05. The summed E-state index contributed by atoms with van der Waals surface area (Å²) in [6.07, 6.45) is 4.10. The minimum atomic E-state index is -0.873. The molecular weight excluding hydrogens is 500 g/mol. The minimum absolute atomic E-state index is 0.140. The molecule has 12 nitrogen and oxygen atoms in total. The summed E-state index contributed by atoms with van der Waals surface area (Å²) in [6, 6.07) is 1.16. The number of ether oxygens (including phenoxy) is 1. The number of hydrogen-bond acceptors (Lipinski definition) is 9. The summed E-state index contributed by atoms with van der Waals surface area (Å²) in [7, 11) is 0. The molecule has 0 saturated carbocycles. The van der Waals surface area contributed by atoms with Crippen LogP contribution in [-0.2, 0) is 4.74 Å². The second-order valence-corrected chi connectivity index (χ2v) is 9.93. The van der Waals surface area contributed by atoms with Gasteiger partial charge in [-0.2, -0.15) is 5.10 Å². The van der Waals surface area contributed by atoms with E-state index in [1.807, 2.05) is 0 Å². The van der Waals surface area contributed by atoms with E-state index in [1.165, 1.54) is 15.5 Å². The molecule has 0 aliphatic carbocycles. The number of nitrogens with zero attached hydrogens (tertiary/aromatic N) is 8. The molecule has 1 aliphatic heterocycles. The first-order valence-electron chi connectivity index (χ1n) is 12.1. The van der Waals surface area contributed by atoms with Crippen molar-refractivity contribution >= 4 is 28.5 Å². The van der Waals surface area contributed by atoms with E-state index in [9.17, 15) is 18.4 Å². The van der Waals surface area contributed by atoms with E-state index in [1.54, 1.807) is 50.0 Å². The number of amides is 1. The van der Waals surface area contributed by atoms with Crippen molar-refractivity contribution in [1.82, 2.24) is 34.1 Å². The highest BCUT2D eigenvalue weighted by molar-refractivity contribution is 5.79. The first-order chi connectivity index (χ1) is 18.0. The van der Waals surface area contributed by atoms with Crippen LogP contribution in [0.15, 0.2) is 35.6 Å². The molecule has 1 saturated heterocycles. The topological polar surface area (TPSA) is 123 Å². The zero-order chi connectivity index (χ0) is 27.2. The molecule has 1 N–H and O–H groups in total. The fourth-order valence-corrected chi connectivity index (χ4v) is 4.31. The molecular formula is C24H27F2N9O3. The molecule has 1 aliphatic rings. The molecule has 1 amide bonds. The Morgan fingerprint density at radius 3 is 2.53 bits per heavy atom. The number of aromatic nitrogens is 6. The molecule has 38 heavy (non-hydrogen) atoms. The van der Waals surface area contributed by atoms with Crippen LogP contribution in [-0.4, -0.2) is 72.0 Å². The van der Waals surface area contributed by atoms with Crippen LogP contribution in [0, 0.1) is 11.6 Å². The van der Waals surface area contributed by atoms with Gasteiger partial charge in [0.2, 0.25) is 0 Å². The van der Waals surface area contributed by atoms with Gasteiger partial charge in [-0.25, -0.2) is 37.7 Å². The maximum absolute atomic E-state index is 14.8. The van der Waals surface area contributed by atoms with Crippen LogP contribution in [0.3, 0.4) is 0 Å². The fourth-order valence-electron chi connectivity index (χ4n) is 4.31. The smallest absolute Gasteiger partial charge is 0.410 e. The van der Waals surface area contributed by atoms with Crippen molar-refractivity contribution in [3.63, 3.8) is 0 Å². The highest BCUT2D eigenvalue weighted by Gasteiger charge is 2.30. The lowest BCUT2D eigenvalue weighted by Gasteiger charge is -2.38. The van der Waals surface area contributed by atoms with E-state index in [0.717, 1.165) is 12.1 Å². The van der Waals surface area contributed by atoms with Gasteiger partial charge in [-0.15, -0.1) is 0 Å². The fraction of sp³-hybridized carbons (Fsp3) is 0.417. The number of benzene rings is 1. The number of anilines is 1. The van der Waals surface area contributed by atoms with Gasteiger partial charge in [-0.3, -0.25) is 4.79 Å². The lowest BCUT2D eigenvalue weighted by molar-refractivity contribution is 0.0231. The minimum Gasteiger partial charge on any atom is -0.444 e. The maximum Gasteiger partial charge on any atom is 0.410 e. The number of piperazine rings is 1. The molecule has 1 aromatic carbocycles. The van der Waals surface area contributed by atoms with E-state index in [0.29, 0.717) is 11.5 Å². The second-order valence-electron chi connectivity index (χ2n) is 9.93. The number of carbonyl (C=O) groups excluding carboxylic acids is 1. The Kier molecular flexibility index (Phi) is 6.33. The predicted octanol–water partition coefficient (Wildman–Crippen LogP) is 2.47. The summed E-state index contributed by atoms with van der Waals surface area (Å²) in [4.78, 5) is 40.6. The van der Waals surface area contributed by atoms with Crippen LogP contribution < -0.4 is 15.9 Å². The van der Waals surface area contributed by atoms with Crippen LogP contribution >= 0.6 is 0 Å². The highest BCUT2D eigenvalue weighted by atomic mass is 19.1. The zero-order valence-corrected chi connectivity index (χ0v) is 21.4. The van der Waals surface area contributed by atoms with Crippen molar-refractivity contribution in [2.24, 2.45) is 0 Å². The van der Waals surface area contributed by atoms with Crippen LogP contribution in [0.2, 0.25) is 0 Å². The van der Waals surface area contributed by atoms with Crippen molar-refractivity contribution in [1.29, 1.82) is 0 Å². The number of rotatable bonds is 4. The third-order valence-corrected chi connectivity index (χ3v) is 6.05. The number of fused-ring (bicyclic) bond motifs is 2. The summed E-state index contributed by atoms with van der Waals surface area (Å²) in [6.45, 7) is 8.06. The van der Waals surface area contributed by atoms with Gasteiger partial charge in [0.25, 0.3) is 5.56 Å². The lowest BCUT2D eigenvalue weighted by Crippen LogP contribution is -2.57. The first kappa shape index (κ1) is 25.3. The van der Waals surface area contributed by atoms with Crippen LogP contribution in [0.1, 0.15) is 39.6 Å². The van der Waals surface area contributed by atoms with E-state index >= 15 is 0 Å². The van der Waals surface area contributed by atoms with E-state index < -0.39 is 40.3 Å². The normalized spacial score (nSPS) is 15.2. The second kappa shape index (κ2) is 9.50. The summed E-state index contributed by atoms with van der Waals surface area (Å²) in [5.74, 6) is -1.18. The van der Waals surface area contributed by atoms with Gasteiger partial charge < -0.3 is 20.0 Å². The van der Waals surface area contributed by atoms with E-state index in [2.05, 4.69) is 25.4 Å². The predicted molar refractivity (Wildman–Crippen MR) is 134 cm³/mol. The maximum atomic E-state index is 14.8. The molecule has 0 bridgehead atoms. The number of nitrogens with one attached hydrogen (secondary N) is 1. The Balaban J connectivity index is 1.53. The van der Waals surface area contributed by atoms with Crippen LogP contribution in [0.5, 0.6) is 0 Å². The molecule has 14 heteroatoms. The Morgan fingerprint density at radius 2 is 1.82 bits per heavy atom. The number of hydrogen-bond donors (Lipinski definition) is 1. The number of carbonyl (C=O) groups is 1. The summed E-state index contributed by atoms with van der Waals surface area (Å²) < 4.78 is 37.7. The standard InChI is InChI=1S/C24H27F2N9O3/c1-14(30-19-21-27-7-8-34(21)29-13-28-19)20-31-18-16(26)6-5-15(25)17(18)22(36)35(20)33-11-9-32(10-12-33)23(37)38-24(2,3)4/h5-8,13-14H,9-12H2,1-4H3,(H,28,29,30). The largest absolute Gasteiger partial charge is 0.444 e. The summed E-state index contributed by atoms with van der Waals surface area (Å²) in [5, 5.41) is 8.46. The molecule has 3 aromatic heterocycles. The molecule has 4 aromatic rings. The Labute approximate surface area is 215 Å². The van der Waals surface area contributed by atoms with Crippen molar-refractivity contribution < 1.29 is 18.3 Å². The molecule has 5 rings (SSSR count). The molecule has 0 spiro atoms. The Morgan fingerprint density at radius 1 is 1.11 bits per heavy atom. The molecule has 0 radical (unpaired) electrons. The van der Waals surface area contributed by atoms with Gasteiger partial charge in [0.15, 0.2) is 17.3 Å². The van der Waals surface area contributed by atoms with E-state index in [4.69, 9.17) is 4.74 Å². The molecule has 1 fully saturated rings. The lowest BCUT2D eigenvalue weighted by atomic mass is 10.2. The third kappa shape index (κ3) is 4.68. The zero-order valence-electron chi connectivity index (χ0n) is 21.4. The SMILES string of the molecule is CC(Nc1ncnn2ccnc12)c1nc2c(F)ccc(F)c2c(=O)n1N1CCN(C(=O)OC(C)(C)C)CC1. The molecule has 4 heterocycles. The monoisotopic (exact) mass is 527 g/mol. The first-order valence-corrected chi connectivity index (χ1v) is 12.1. The summed E-state index contributed by atoms with van der Waals surface area (Å²) in [5.41, 5.74) is -1.33. The van der Waals surface area contributed by atoms with Crippen molar-refractivity contribution in [3.05, 3.63) is 58.7 Å². The van der Waals surface area contributed by atoms with Gasteiger partial charge in [0.1, 0.15) is 34.5 Å². The van der Waals surface area contributed by atoms with Gasteiger partial charge in [0.05, 0.1) is 19.1 Å². The van der Waals surface area contributed by atoms with Gasteiger partial charge in [-0.05, 0) is 39.8 Å². The van der Waals surface area contributed by atoms with Crippen LogP contribution in [0.4, 0.5) is 19.4 Å². The molecule has 200 valence electrons. The van der Waals surface area contributed by atoms with Gasteiger partial charge in [-0.1, -0.05) is 0 Å². The van der Waals surface area contributed by atoms with Crippen molar-refractivity contribution in [2.75, 3.05) is 36.5 Å². The molecule has 1 unspecified atom stereocenters. The van der Waals surface area contributed by atoms with Crippen LogP contribution in [0.25, 0.3) is 16.6 Å². The Bertz CT molecular complexity index is 1570. The Hall–Kier alpha value is -4.36. The van der Waals surface area contributed by atoms with E-state index in [-0.39, 0.29) is 37.5 Å². The number of halogens is 2. The quantitative estimate of drug-likeness (QED) is 0.426. The van der Waals surface area contributed by atoms with Gasteiger partial charge >= 0.3 is 6.09 Å². The molecule has 1 atom stereocenters. The average molecular weight is 528 g/mol. The van der Waals surface area contributed by atoms with Crippen molar-refractivity contribution in [3.8, 4) is 0 Å². The van der Waals surface area contributed by atoms with Gasteiger partial charge in [0, 0.05) is 25.5 Å². The average Bonchev–Trinajstić information content (AvgIpc) is 3.35. The number of imidazole rings is 1. The summed E-state index contributed by atoms with van der Waals surface area (Å²) >= 11 is 0. The highest BCUT2D eigenvalue weighted by Crippen LogP contribution is 2.23. The van der Waals surface area contributed by atoms with Crippen molar-refractivity contribution in [2.45, 2.75) is 39.3 Å².